The van der Waals surface area contributed by atoms with Crippen molar-refractivity contribution in [1.82, 2.24) is 19.7 Å². The number of hydrogen-bond acceptors (Lipinski definition) is 4. The minimum atomic E-state index is 0.277. The van der Waals surface area contributed by atoms with Gasteiger partial charge in [0.15, 0.2) is 11.6 Å². The predicted molar refractivity (Wildman–Crippen MR) is 80.7 cm³/mol. The van der Waals surface area contributed by atoms with Gasteiger partial charge in [-0.3, -0.25) is 9.55 Å². The molecule has 21 heavy (non-hydrogen) atoms. The predicted octanol–water partition coefficient (Wildman–Crippen LogP) is 3.08. The second-order valence-electron chi connectivity index (χ2n) is 4.35. The maximum atomic E-state index is 5.98. The molecule has 3 rings (SSSR count). The molecule has 5 nitrogen and oxygen atoms in total. The van der Waals surface area contributed by atoms with E-state index >= 15 is 0 Å². The number of nitrogens with zero attached hydrogens (tertiary/aromatic N) is 4. The van der Waals surface area contributed by atoms with Gasteiger partial charge in [-0.1, -0.05) is 0 Å². The molecular weight excluding hydrogens is 288 g/mol. The number of alkyl halides is 1. The number of hydrogen-bond donors (Lipinski definition) is 0. The normalized spacial score (nSPS) is 10.6. The molecule has 3 aromatic rings. The number of ether oxygens (including phenoxy) is 1. The highest BCUT2D eigenvalue weighted by atomic mass is 35.5. The molecule has 0 radical (unpaired) electrons. The lowest BCUT2D eigenvalue weighted by Crippen LogP contribution is -2.02. The smallest absolute Gasteiger partial charge is 0.170 e. The molecule has 0 unspecified atom stereocenters. The summed E-state index contributed by atoms with van der Waals surface area (Å²) in [7, 11) is 1.64. The van der Waals surface area contributed by atoms with E-state index in [4.69, 9.17) is 16.3 Å². The van der Waals surface area contributed by atoms with E-state index in [2.05, 4.69) is 15.2 Å². The van der Waals surface area contributed by atoms with Crippen molar-refractivity contribution >= 4 is 11.6 Å². The van der Waals surface area contributed by atoms with Crippen LogP contribution in [-0.4, -0.2) is 26.9 Å². The fourth-order valence-corrected chi connectivity index (χ4v) is 2.26. The van der Waals surface area contributed by atoms with Gasteiger partial charge in [-0.25, -0.2) is 0 Å². The Morgan fingerprint density at radius 3 is 2.57 bits per heavy atom. The van der Waals surface area contributed by atoms with E-state index in [-0.39, 0.29) is 5.88 Å². The van der Waals surface area contributed by atoms with Crippen LogP contribution in [0, 0.1) is 0 Å². The van der Waals surface area contributed by atoms with Crippen LogP contribution >= 0.6 is 11.6 Å². The molecular formula is C15H13ClN4O. The molecule has 0 spiro atoms. The summed E-state index contributed by atoms with van der Waals surface area (Å²) in [5, 5.41) is 8.39. The molecule has 0 amide bonds. The van der Waals surface area contributed by atoms with Crippen LogP contribution in [0.5, 0.6) is 5.75 Å². The molecule has 106 valence electrons. The Morgan fingerprint density at radius 2 is 1.95 bits per heavy atom. The summed E-state index contributed by atoms with van der Waals surface area (Å²) < 4.78 is 7.10. The SMILES string of the molecule is COc1ccc(-n2c(CCl)nnc2-c2cccnc2)cc1. The van der Waals surface area contributed by atoms with Crippen LogP contribution in [0.25, 0.3) is 17.1 Å². The molecule has 6 heteroatoms. The number of aromatic nitrogens is 4. The standard InChI is InChI=1S/C15H13ClN4O/c1-21-13-6-4-12(5-7-13)20-14(9-16)18-19-15(20)11-3-2-8-17-10-11/h2-8,10H,9H2,1H3. The van der Waals surface area contributed by atoms with Crippen molar-refractivity contribution in [3.63, 3.8) is 0 Å². The first-order chi connectivity index (χ1) is 10.3. The molecule has 0 aliphatic heterocycles. The highest BCUT2D eigenvalue weighted by molar-refractivity contribution is 6.16. The third-order valence-corrected chi connectivity index (χ3v) is 3.34. The monoisotopic (exact) mass is 300 g/mol. The van der Waals surface area contributed by atoms with Gasteiger partial charge in [0.05, 0.1) is 13.0 Å². The summed E-state index contributed by atoms with van der Waals surface area (Å²) in [6.45, 7) is 0. The summed E-state index contributed by atoms with van der Waals surface area (Å²) in [6.07, 6.45) is 3.47. The molecule has 0 N–H and O–H groups in total. The average molecular weight is 301 g/mol. The van der Waals surface area contributed by atoms with Gasteiger partial charge in [0.25, 0.3) is 0 Å². The molecule has 0 aliphatic rings. The number of benzene rings is 1. The van der Waals surface area contributed by atoms with Crippen LogP contribution in [0.1, 0.15) is 5.82 Å². The van der Waals surface area contributed by atoms with E-state index in [0.29, 0.717) is 11.6 Å². The molecule has 0 bridgehead atoms. The van der Waals surface area contributed by atoms with Gasteiger partial charge in [0, 0.05) is 23.6 Å². The highest BCUT2D eigenvalue weighted by Crippen LogP contribution is 2.24. The highest BCUT2D eigenvalue weighted by Gasteiger charge is 2.14. The zero-order valence-electron chi connectivity index (χ0n) is 11.4. The molecule has 0 saturated carbocycles. The first kappa shape index (κ1) is 13.6. The Labute approximate surface area is 127 Å². The van der Waals surface area contributed by atoms with Crippen molar-refractivity contribution in [2.75, 3.05) is 7.11 Å². The molecule has 2 aromatic heterocycles. The van der Waals surface area contributed by atoms with Gasteiger partial charge in [-0.05, 0) is 36.4 Å². The van der Waals surface area contributed by atoms with Crippen molar-refractivity contribution in [3.05, 3.63) is 54.6 Å². The first-order valence-corrected chi connectivity index (χ1v) is 6.92. The van der Waals surface area contributed by atoms with Gasteiger partial charge in [-0.2, -0.15) is 0 Å². The molecule has 0 saturated heterocycles. The molecule has 0 aliphatic carbocycles. The van der Waals surface area contributed by atoms with Gasteiger partial charge in [0.1, 0.15) is 5.75 Å². The van der Waals surface area contributed by atoms with Crippen LogP contribution in [-0.2, 0) is 5.88 Å². The van der Waals surface area contributed by atoms with Crippen molar-refractivity contribution in [2.45, 2.75) is 5.88 Å². The van der Waals surface area contributed by atoms with Crippen molar-refractivity contribution in [1.29, 1.82) is 0 Å². The average Bonchev–Trinajstić information content (AvgIpc) is 2.99. The Bertz CT molecular complexity index is 725. The topological polar surface area (TPSA) is 52.8 Å². The molecule has 0 atom stereocenters. The fourth-order valence-electron chi connectivity index (χ4n) is 2.09. The molecule has 2 heterocycles. The summed E-state index contributed by atoms with van der Waals surface area (Å²) in [5.41, 5.74) is 1.81. The van der Waals surface area contributed by atoms with Gasteiger partial charge >= 0.3 is 0 Å². The number of halogens is 1. The summed E-state index contributed by atoms with van der Waals surface area (Å²) in [6, 6.07) is 11.5. The van der Waals surface area contributed by atoms with E-state index in [1.165, 1.54) is 0 Å². The van der Waals surface area contributed by atoms with E-state index in [1.807, 2.05) is 41.0 Å². The van der Waals surface area contributed by atoms with E-state index in [1.54, 1.807) is 19.5 Å². The Kier molecular flexibility index (Phi) is 3.83. The van der Waals surface area contributed by atoms with Crippen LogP contribution in [0.4, 0.5) is 0 Å². The Morgan fingerprint density at radius 1 is 1.14 bits per heavy atom. The molecule has 1 aromatic carbocycles. The maximum absolute atomic E-state index is 5.98. The van der Waals surface area contributed by atoms with Gasteiger partial charge < -0.3 is 4.74 Å². The third kappa shape index (κ3) is 2.60. The first-order valence-electron chi connectivity index (χ1n) is 6.38. The summed E-state index contributed by atoms with van der Waals surface area (Å²) in [4.78, 5) is 4.12. The van der Waals surface area contributed by atoms with Crippen molar-refractivity contribution < 1.29 is 4.74 Å². The Balaban J connectivity index is 2.13. The second-order valence-corrected chi connectivity index (χ2v) is 4.62. The largest absolute Gasteiger partial charge is 0.497 e. The fraction of sp³-hybridized carbons (Fsp3) is 0.133. The number of rotatable bonds is 4. The zero-order valence-corrected chi connectivity index (χ0v) is 12.2. The zero-order chi connectivity index (χ0) is 14.7. The van der Waals surface area contributed by atoms with Crippen LogP contribution < -0.4 is 4.74 Å². The minimum Gasteiger partial charge on any atom is -0.497 e. The summed E-state index contributed by atoms with van der Waals surface area (Å²) >= 11 is 5.98. The third-order valence-electron chi connectivity index (χ3n) is 3.10. The lowest BCUT2D eigenvalue weighted by molar-refractivity contribution is 0.414. The number of pyridine rings is 1. The Hall–Kier alpha value is -2.40. The number of methoxy groups -OCH3 is 1. The van der Waals surface area contributed by atoms with Gasteiger partial charge in [0.2, 0.25) is 0 Å². The van der Waals surface area contributed by atoms with E-state index in [0.717, 1.165) is 17.0 Å². The minimum absolute atomic E-state index is 0.277. The summed E-state index contributed by atoms with van der Waals surface area (Å²) in [5.74, 6) is 2.46. The van der Waals surface area contributed by atoms with Crippen molar-refractivity contribution in [2.24, 2.45) is 0 Å². The van der Waals surface area contributed by atoms with Crippen molar-refractivity contribution in [3.8, 4) is 22.8 Å². The quantitative estimate of drug-likeness (QED) is 0.695. The van der Waals surface area contributed by atoms with Crippen LogP contribution in [0.2, 0.25) is 0 Å². The lowest BCUT2D eigenvalue weighted by Gasteiger charge is -2.10. The van der Waals surface area contributed by atoms with Crippen LogP contribution in [0.3, 0.4) is 0 Å². The van der Waals surface area contributed by atoms with Crippen LogP contribution in [0.15, 0.2) is 48.8 Å². The second kappa shape index (κ2) is 5.93. The van der Waals surface area contributed by atoms with E-state index < -0.39 is 0 Å². The molecule has 0 fully saturated rings. The van der Waals surface area contributed by atoms with Gasteiger partial charge in [-0.15, -0.1) is 21.8 Å². The van der Waals surface area contributed by atoms with E-state index in [9.17, 15) is 0 Å². The lowest BCUT2D eigenvalue weighted by atomic mass is 10.2. The maximum Gasteiger partial charge on any atom is 0.170 e.